The van der Waals surface area contributed by atoms with E-state index in [9.17, 15) is 0 Å². The Kier molecular flexibility index (Phi) is 3.73. The largest absolute Gasteiger partial charge is 0.139 e. The lowest BCUT2D eigenvalue weighted by molar-refractivity contribution is 1.66. The summed E-state index contributed by atoms with van der Waals surface area (Å²) in [7, 11) is 0. The van der Waals surface area contributed by atoms with Crippen LogP contribution in [0.2, 0.25) is 0 Å². The Morgan fingerprint density at radius 2 is 0.875 bits per heavy atom. The van der Waals surface area contributed by atoms with Gasteiger partial charge in [-0.15, -0.1) is 68.0 Å². The predicted octanol–water partition coefficient (Wildman–Crippen LogP) is 11.3. The van der Waals surface area contributed by atoms with Crippen LogP contribution in [0.1, 0.15) is 9.75 Å². The van der Waals surface area contributed by atoms with E-state index in [4.69, 9.17) is 0 Å². The molecule has 2 aromatic carbocycles. The van der Waals surface area contributed by atoms with Crippen LogP contribution in [0, 0.1) is 13.8 Å². The molecular weight excluding hydrogens is 505 g/mol. The van der Waals surface area contributed by atoms with Gasteiger partial charge in [-0.1, -0.05) is 0 Å². The molecule has 0 N–H and O–H groups in total. The number of rotatable bonds is 1. The predicted molar refractivity (Wildman–Crippen MR) is 154 cm³/mol. The molecular formula is C26H14S6. The molecule has 0 nitrogen and oxygen atoms in total. The molecule has 0 aliphatic rings. The number of aryl methyl sites for hydroxylation is 2. The maximum absolute atomic E-state index is 2.42. The van der Waals surface area contributed by atoms with Gasteiger partial charge in [0.15, 0.2) is 0 Å². The van der Waals surface area contributed by atoms with Crippen molar-refractivity contribution in [1.82, 2.24) is 0 Å². The van der Waals surface area contributed by atoms with Crippen molar-refractivity contribution in [2.24, 2.45) is 0 Å². The van der Waals surface area contributed by atoms with Crippen LogP contribution in [-0.4, -0.2) is 0 Å². The van der Waals surface area contributed by atoms with Crippen molar-refractivity contribution in [2.75, 3.05) is 0 Å². The number of benzene rings is 2. The Morgan fingerprint density at radius 1 is 0.406 bits per heavy atom. The van der Waals surface area contributed by atoms with E-state index in [1.807, 2.05) is 68.0 Å². The monoisotopic (exact) mass is 518 g/mol. The molecule has 6 heteroatoms. The van der Waals surface area contributed by atoms with Gasteiger partial charge in [0.25, 0.3) is 0 Å². The van der Waals surface area contributed by atoms with Crippen LogP contribution in [0.4, 0.5) is 0 Å². The normalized spacial score (nSPS) is 12.7. The highest BCUT2D eigenvalue weighted by molar-refractivity contribution is 7.34. The molecule has 8 aromatic rings. The van der Waals surface area contributed by atoms with Crippen LogP contribution in [-0.2, 0) is 0 Å². The van der Waals surface area contributed by atoms with Gasteiger partial charge in [-0.25, -0.2) is 0 Å². The van der Waals surface area contributed by atoms with Crippen molar-refractivity contribution >= 4 is 127 Å². The van der Waals surface area contributed by atoms with E-state index in [-0.39, 0.29) is 0 Å². The number of hydrogen-bond donors (Lipinski definition) is 0. The third-order valence-electron chi connectivity index (χ3n) is 6.05. The van der Waals surface area contributed by atoms with E-state index in [0.717, 1.165) is 0 Å². The summed E-state index contributed by atoms with van der Waals surface area (Å²) in [5, 5.41) is 5.60. The van der Waals surface area contributed by atoms with Gasteiger partial charge in [0.05, 0.1) is 9.40 Å². The summed E-state index contributed by atoms with van der Waals surface area (Å²) in [6.07, 6.45) is 0. The highest BCUT2D eigenvalue weighted by atomic mass is 32.1. The smallest absolute Gasteiger partial charge is 0.0532 e. The van der Waals surface area contributed by atoms with Crippen LogP contribution in [0.25, 0.3) is 68.9 Å². The standard InChI is InChI=1S/C26H14S6/c1-11-3-23-25(27-11)15-9-17-13(5-19(15)31-23)7-21(29-17)22-8-14-6-20-16(10-18(14)30-22)26-24(32-20)4-12(2)28-26/h3-10H,1-2H3. The summed E-state index contributed by atoms with van der Waals surface area (Å²) >= 11 is 11.6. The quantitative estimate of drug-likeness (QED) is 0.203. The number of fused-ring (bicyclic) bond motifs is 8. The minimum Gasteiger partial charge on any atom is -0.139 e. The van der Waals surface area contributed by atoms with Crippen LogP contribution in [0.3, 0.4) is 0 Å². The first-order valence-corrected chi connectivity index (χ1v) is 15.2. The molecule has 0 fully saturated rings. The van der Waals surface area contributed by atoms with E-state index in [1.54, 1.807) is 0 Å². The van der Waals surface area contributed by atoms with Crippen molar-refractivity contribution in [3.05, 3.63) is 58.3 Å². The molecule has 6 heterocycles. The van der Waals surface area contributed by atoms with Crippen molar-refractivity contribution in [2.45, 2.75) is 13.8 Å². The summed E-state index contributed by atoms with van der Waals surface area (Å²) in [4.78, 5) is 5.58. The van der Waals surface area contributed by atoms with E-state index < -0.39 is 0 Å². The van der Waals surface area contributed by atoms with E-state index in [0.29, 0.717) is 0 Å². The average Bonchev–Trinajstić information content (AvgIpc) is 3.54. The molecule has 0 bridgehead atoms. The first-order chi connectivity index (χ1) is 15.6. The van der Waals surface area contributed by atoms with E-state index in [2.05, 4.69) is 62.4 Å². The summed E-state index contributed by atoms with van der Waals surface area (Å²) in [5.41, 5.74) is 0. The minimum absolute atomic E-state index is 1.37. The molecule has 0 spiro atoms. The molecule has 0 saturated heterocycles. The van der Waals surface area contributed by atoms with Crippen molar-refractivity contribution in [3.8, 4) is 9.75 Å². The second kappa shape index (κ2) is 6.41. The molecule has 0 atom stereocenters. The zero-order valence-electron chi connectivity index (χ0n) is 17.1. The van der Waals surface area contributed by atoms with Gasteiger partial charge in [-0.2, -0.15) is 0 Å². The van der Waals surface area contributed by atoms with Gasteiger partial charge in [0.1, 0.15) is 0 Å². The number of hydrogen-bond acceptors (Lipinski definition) is 6. The lowest BCUT2D eigenvalue weighted by Gasteiger charge is -1.91. The first-order valence-electron chi connectivity index (χ1n) is 10.3. The zero-order valence-corrected chi connectivity index (χ0v) is 22.0. The van der Waals surface area contributed by atoms with Crippen molar-refractivity contribution in [1.29, 1.82) is 0 Å². The SMILES string of the molecule is Cc1cc2sc3cc4cc(-c5cc6cc7sc8cc(C)sc8c7cc6s5)sc4cc3c2s1. The topological polar surface area (TPSA) is 0 Å². The van der Waals surface area contributed by atoms with E-state index >= 15 is 0 Å². The molecule has 0 aliphatic carbocycles. The molecule has 154 valence electrons. The molecule has 0 unspecified atom stereocenters. The van der Waals surface area contributed by atoms with Gasteiger partial charge >= 0.3 is 0 Å². The lowest BCUT2D eigenvalue weighted by Crippen LogP contribution is -1.63. The highest BCUT2D eigenvalue weighted by Gasteiger charge is 2.15. The van der Waals surface area contributed by atoms with Gasteiger partial charge < -0.3 is 0 Å². The minimum atomic E-state index is 1.37. The summed E-state index contributed by atoms with van der Waals surface area (Å²) in [6, 6.07) is 19.1. The highest BCUT2D eigenvalue weighted by Crippen LogP contribution is 2.47. The van der Waals surface area contributed by atoms with Crippen LogP contribution < -0.4 is 0 Å². The molecule has 0 amide bonds. The second-order valence-electron chi connectivity index (χ2n) is 8.30. The van der Waals surface area contributed by atoms with Gasteiger partial charge in [0.2, 0.25) is 0 Å². The number of thiophene rings is 6. The Bertz CT molecular complexity index is 1860. The van der Waals surface area contributed by atoms with Gasteiger partial charge in [0, 0.05) is 58.5 Å². The van der Waals surface area contributed by atoms with Crippen molar-refractivity contribution in [3.63, 3.8) is 0 Å². The van der Waals surface area contributed by atoms with E-state index in [1.165, 1.54) is 78.7 Å². The molecule has 32 heavy (non-hydrogen) atoms. The Labute approximate surface area is 207 Å². The fourth-order valence-corrected chi connectivity index (χ4v) is 11.8. The van der Waals surface area contributed by atoms with Crippen molar-refractivity contribution < 1.29 is 0 Å². The third kappa shape index (κ3) is 2.56. The lowest BCUT2D eigenvalue weighted by atomic mass is 10.2. The molecule has 0 aliphatic heterocycles. The molecule has 8 rings (SSSR count). The zero-order chi connectivity index (χ0) is 21.1. The maximum Gasteiger partial charge on any atom is 0.0532 e. The fourth-order valence-electron chi connectivity index (χ4n) is 4.64. The Hall–Kier alpha value is -1.80. The molecule has 0 saturated carbocycles. The summed E-state index contributed by atoms with van der Waals surface area (Å²) in [6.45, 7) is 4.42. The van der Waals surface area contributed by atoms with Crippen LogP contribution in [0.5, 0.6) is 0 Å². The third-order valence-corrected chi connectivity index (χ3v) is 13.1. The Morgan fingerprint density at radius 3 is 1.34 bits per heavy atom. The molecule has 6 aromatic heterocycles. The Balaban J connectivity index is 1.31. The molecule has 0 radical (unpaired) electrons. The fraction of sp³-hybridized carbons (Fsp3) is 0.0769. The summed E-state index contributed by atoms with van der Waals surface area (Å²) < 4.78 is 11.4. The van der Waals surface area contributed by atoms with Gasteiger partial charge in [-0.05, 0) is 73.2 Å². The first kappa shape index (κ1) is 18.6. The average molecular weight is 519 g/mol. The van der Waals surface area contributed by atoms with Gasteiger partial charge in [-0.3, -0.25) is 0 Å². The summed E-state index contributed by atoms with van der Waals surface area (Å²) in [5.74, 6) is 0. The maximum atomic E-state index is 2.42. The van der Waals surface area contributed by atoms with Crippen LogP contribution in [0.15, 0.2) is 48.5 Å². The van der Waals surface area contributed by atoms with Crippen LogP contribution >= 0.6 is 68.0 Å². The second-order valence-corrected chi connectivity index (χ2v) is 15.1.